The fourth-order valence-corrected chi connectivity index (χ4v) is 5.75. The van der Waals surface area contributed by atoms with Gasteiger partial charge in [-0.1, -0.05) is 42.5 Å². The number of ether oxygens (including phenoxy) is 5. The van der Waals surface area contributed by atoms with Crippen molar-refractivity contribution in [2.75, 3.05) is 13.2 Å². The van der Waals surface area contributed by atoms with E-state index in [0.29, 0.717) is 6.42 Å². The number of benzene rings is 1. The first kappa shape index (κ1) is 24.0. The molecule has 186 valence electrons. The van der Waals surface area contributed by atoms with E-state index in [-0.39, 0.29) is 48.7 Å². The quantitative estimate of drug-likeness (QED) is 0.376. The molecule has 6 nitrogen and oxygen atoms in total. The Hall–Kier alpha value is -1.73. The van der Waals surface area contributed by atoms with Crippen molar-refractivity contribution in [3.8, 4) is 0 Å². The van der Waals surface area contributed by atoms with Crippen LogP contribution in [0.5, 0.6) is 0 Å². The zero-order chi connectivity index (χ0) is 23.2. The van der Waals surface area contributed by atoms with Crippen molar-refractivity contribution in [3.63, 3.8) is 0 Å². The molecule has 0 aromatic heterocycles. The molecule has 3 aliphatic heterocycles. The van der Waals surface area contributed by atoms with Crippen LogP contribution in [-0.2, 0) is 34.9 Å². The van der Waals surface area contributed by atoms with Crippen LogP contribution >= 0.6 is 0 Å². The molecule has 0 amide bonds. The van der Waals surface area contributed by atoms with E-state index in [2.05, 4.69) is 36.4 Å². The number of esters is 1. The van der Waals surface area contributed by atoms with Gasteiger partial charge in [-0.3, -0.25) is 4.79 Å². The van der Waals surface area contributed by atoms with E-state index in [1.807, 2.05) is 6.07 Å². The second-order valence-corrected chi connectivity index (χ2v) is 10.1. The van der Waals surface area contributed by atoms with E-state index < -0.39 is 0 Å². The van der Waals surface area contributed by atoms with E-state index >= 15 is 0 Å². The molecule has 7 atom stereocenters. The van der Waals surface area contributed by atoms with Crippen LogP contribution < -0.4 is 0 Å². The molecule has 0 radical (unpaired) electrons. The second-order valence-electron chi connectivity index (χ2n) is 10.1. The maximum absolute atomic E-state index is 12.0. The molecule has 4 aliphatic rings. The minimum absolute atomic E-state index is 0.00292. The predicted octanol–water partition coefficient (Wildman–Crippen LogP) is 4.95. The van der Waals surface area contributed by atoms with Gasteiger partial charge in [0, 0.05) is 31.5 Å². The van der Waals surface area contributed by atoms with Gasteiger partial charge in [0.1, 0.15) is 6.10 Å². The summed E-state index contributed by atoms with van der Waals surface area (Å²) in [6.07, 6.45) is 13.4. The summed E-state index contributed by atoms with van der Waals surface area (Å²) in [6.45, 7) is 1.53. The van der Waals surface area contributed by atoms with Crippen LogP contribution in [0.3, 0.4) is 0 Å². The molecule has 0 bridgehead atoms. The lowest BCUT2D eigenvalue weighted by molar-refractivity contribution is -0.194. The van der Waals surface area contributed by atoms with Crippen LogP contribution in [0.25, 0.3) is 0 Å². The Morgan fingerprint density at radius 3 is 2.50 bits per heavy atom. The number of carbonyl (C=O) groups is 1. The summed E-state index contributed by atoms with van der Waals surface area (Å²) in [6, 6.07) is 10.5. The van der Waals surface area contributed by atoms with Gasteiger partial charge in [-0.25, -0.2) is 0 Å². The number of rotatable bonds is 9. The number of hydrogen-bond acceptors (Lipinski definition) is 6. The van der Waals surface area contributed by atoms with E-state index in [0.717, 1.165) is 71.0 Å². The van der Waals surface area contributed by atoms with Crippen LogP contribution in [0.1, 0.15) is 63.4 Å². The highest BCUT2D eigenvalue weighted by Crippen LogP contribution is 2.44. The normalized spacial score (nSPS) is 34.8. The Balaban J connectivity index is 1.27. The SMILES string of the molecule is O=C1C[C@@H]2[C@@H](/C=C/C(CCc3ccccc3)OC3CCCCO3)[C@H](OC3CCCCO3)C[C@@H]2O1. The van der Waals surface area contributed by atoms with Gasteiger partial charge in [-0.2, -0.15) is 0 Å². The van der Waals surface area contributed by atoms with E-state index in [4.69, 9.17) is 23.7 Å². The van der Waals surface area contributed by atoms with Crippen LogP contribution in [0.15, 0.2) is 42.5 Å². The van der Waals surface area contributed by atoms with Crippen molar-refractivity contribution in [1.29, 1.82) is 0 Å². The van der Waals surface area contributed by atoms with Crippen LogP contribution in [0.2, 0.25) is 0 Å². The van der Waals surface area contributed by atoms with Crippen molar-refractivity contribution in [3.05, 3.63) is 48.0 Å². The highest BCUT2D eigenvalue weighted by Gasteiger charge is 2.50. The molecule has 1 aliphatic carbocycles. The van der Waals surface area contributed by atoms with Gasteiger partial charge in [0.2, 0.25) is 0 Å². The number of fused-ring (bicyclic) bond motifs is 1. The molecule has 3 unspecified atom stereocenters. The average molecular weight is 471 g/mol. The number of aryl methyl sites for hydroxylation is 1. The summed E-state index contributed by atoms with van der Waals surface area (Å²) in [5.74, 6) is 0.198. The van der Waals surface area contributed by atoms with Crippen molar-refractivity contribution >= 4 is 5.97 Å². The molecule has 0 N–H and O–H groups in total. The summed E-state index contributed by atoms with van der Waals surface area (Å²) in [4.78, 5) is 12.0. The first-order chi connectivity index (χ1) is 16.7. The van der Waals surface area contributed by atoms with E-state index in [9.17, 15) is 4.79 Å². The van der Waals surface area contributed by atoms with Gasteiger partial charge in [0.25, 0.3) is 0 Å². The summed E-state index contributed by atoms with van der Waals surface area (Å²) in [5, 5.41) is 0. The van der Waals surface area contributed by atoms with Crippen molar-refractivity contribution in [2.24, 2.45) is 11.8 Å². The topological polar surface area (TPSA) is 63.2 Å². The molecule has 34 heavy (non-hydrogen) atoms. The van der Waals surface area contributed by atoms with Gasteiger partial charge < -0.3 is 23.7 Å². The Bertz CT molecular complexity index is 798. The number of hydrogen-bond donors (Lipinski definition) is 0. The first-order valence-electron chi connectivity index (χ1n) is 13.2. The minimum atomic E-state index is -0.148. The maximum atomic E-state index is 12.0. The molecule has 1 aromatic carbocycles. The van der Waals surface area contributed by atoms with Crippen molar-refractivity contribution in [1.82, 2.24) is 0 Å². The fraction of sp³-hybridized carbons (Fsp3) is 0.679. The second kappa shape index (κ2) is 11.8. The maximum Gasteiger partial charge on any atom is 0.306 e. The van der Waals surface area contributed by atoms with Gasteiger partial charge in [-0.05, 0) is 56.9 Å². The molecule has 4 fully saturated rings. The van der Waals surface area contributed by atoms with E-state index in [1.165, 1.54) is 5.56 Å². The van der Waals surface area contributed by atoms with Crippen molar-refractivity contribution in [2.45, 2.75) is 95.1 Å². The summed E-state index contributed by atoms with van der Waals surface area (Å²) in [5.41, 5.74) is 1.31. The monoisotopic (exact) mass is 470 g/mol. The molecule has 0 spiro atoms. The average Bonchev–Trinajstić information content (AvgIpc) is 3.38. The van der Waals surface area contributed by atoms with Gasteiger partial charge in [0.15, 0.2) is 12.6 Å². The molecule has 1 aromatic rings. The number of carbonyl (C=O) groups excluding carboxylic acids is 1. The zero-order valence-corrected chi connectivity index (χ0v) is 20.0. The lowest BCUT2D eigenvalue weighted by Gasteiger charge is -2.29. The third kappa shape index (κ3) is 6.28. The van der Waals surface area contributed by atoms with Gasteiger partial charge in [-0.15, -0.1) is 0 Å². The molecule has 3 saturated heterocycles. The highest BCUT2D eigenvalue weighted by atomic mass is 16.7. The first-order valence-corrected chi connectivity index (χ1v) is 13.2. The van der Waals surface area contributed by atoms with Gasteiger partial charge >= 0.3 is 5.97 Å². The Labute approximate surface area is 202 Å². The minimum Gasteiger partial charge on any atom is -0.462 e. The predicted molar refractivity (Wildman–Crippen MR) is 127 cm³/mol. The largest absolute Gasteiger partial charge is 0.462 e. The third-order valence-corrected chi connectivity index (χ3v) is 7.59. The third-order valence-electron chi connectivity index (χ3n) is 7.59. The van der Waals surface area contributed by atoms with Crippen LogP contribution in [0, 0.1) is 11.8 Å². The Morgan fingerprint density at radius 1 is 1.00 bits per heavy atom. The van der Waals surface area contributed by atoms with Gasteiger partial charge in [0.05, 0.1) is 18.6 Å². The lowest BCUT2D eigenvalue weighted by Crippen LogP contribution is -2.31. The standard InChI is InChI=1S/C28H38O6/c29-26-18-23-22(24(19-25(23)33-26)34-28-11-5-7-17-31-28)15-14-21(32-27-10-4-6-16-30-27)13-12-20-8-2-1-3-9-20/h1-3,8-9,14-15,21-25,27-28H,4-7,10-13,16-19H2/b15-14+/t21?,22-,23-,24-,25+,27?,28?/m1/s1. The van der Waals surface area contributed by atoms with Crippen LogP contribution in [-0.4, -0.2) is 50.1 Å². The summed E-state index contributed by atoms with van der Waals surface area (Å²) in [7, 11) is 0. The Morgan fingerprint density at radius 2 is 1.76 bits per heavy atom. The molecule has 1 saturated carbocycles. The summed E-state index contributed by atoms with van der Waals surface area (Å²) < 4.78 is 30.2. The molecule has 3 heterocycles. The van der Waals surface area contributed by atoms with E-state index in [1.54, 1.807) is 0 Å². The van der Waals surface area contributed by atoms with Crippen LogP contribution in [0.4, 0.5) is 0 Å². The molecular weight excluding hydrogens is 432 g/mol. The molecule has 6 heteroatoms. The fourth-order valence-electron chi connectivity index (χ4n) is 5.75. The molecular formula is C28H38O6. The smallest absolute Gasteiger partial charge is 0.306 e. The highest BCUT2D eigenvalue weighted by molar-refractivity contribution is 5.72. The summed E-state index contributed by atoms with van der Waals surface area (Å²) >= 11 is 0. The van der Waals surface area contributed by atoms with Crippen molar-refractivity contribution < 1.29 is 28.5 Å². The lowest BCUT2D eigenvalue weighted by atomic mass is 9.91. The molecule has 5 rings (SSSR count). The Kier molecular flexibility index (Phi) is 8.33. The zero-order valence-electron chi connectivity index (χ0n) is 20.0.